The van der Waals surface area contributed by atoms with Crippen molar-refractivity contribution >= 4 is 17.6 Å². The molecule has 2 N–H and O–H groups in total. The molecule has 1 aromatic rings. The summed E-state index contributed by atoms with van der Waals surface area (Å²) >= 11 is 0. The summed E-state index contributed by atoms with van der Waals surface area (Å²) in [5.41, 5.74) is -0.265. The summed E-state index contributed by atoms with van der Waals surface area (Å²) in [6, 6.07) is 3.02. The number of carbonyl (C=O) groups is 2. The topological polar surface area (TPSA) is 66.4 Å². The van der Waals surface area contributed by atoms with E-state index in [1.807, 2.05) is 0 Å². The summed E-state index contributed by atoms with van der Waals surface area (Å²) < 4.78 is 12.8. The van der Waals surface area contributed by atoms with Crippen LogP contribution < -0.4 is 5.32 Å². The first kappa shape index (κ1) is 10.9. The molecule has 0 radical (unpaired) electrons. The molecule has 0 fully saturated rings. The van der Waals surface area contributed by atoms with E-state index in [2.05, 4.69) is 11.9 Å². The Kier molecular flexibility index (Phi) is 3.17. The van der Waals surface area contributed by atoms with Gasteiger partial charge in [-0.3, -0.25) is 4.79 Å². The lowest BCUT2D eigenvalue weighted by molar-refractivity contribution is -0.111. The molecule has 1 rings (SSSR count). The highest BCUT2D eigenvalue weighted by Gasteiger charge is 2.11. The number of rotatable bonds is 3. The number of carboxylic acid groups (broad SMARTS) is 1. The Morgan fingerprint density at radius 2 is 2.13 bits per heavy atom. The van der Waals surface area contributed by atoms with E-state index in [0.29, 0.717) is 0 Å². The van der Waals surface area contributed by atoms with E-state index in [1.165, 1.54) is 0 Å². The van der Waals surface area contributed by atoms with Gasteiger partial charge in [-0.1, -0.05) is 6.58 Å². The maximum atomic E-state index is 12.8. The predicted molar refractivity (Wildman–Crippen MR) is 52.2 cm³/mol. The average molecular weight is 209 g/mol. The van der Waals surface area contributed by atoms with Crippen molar-refractivity contribution in [1.29, 1.82) is 0 Å². The second-order valence-electron chi connectivity index (χ2n) is 2.69. The summed E-state index contributed by atoms with van der Waals surface area (Å²) in [4.78, 5) is 21.6. The zero-order valence-electron chi connectivity index (χ0n) is 7.66. The molecule has 0 saturated carbocycles. The summed E-state index contributed by atoms with van der Waals surface area (Å²) in [6.45, 7) is 3.20. The van der Waals surface area contributed by atoms with Crippen molar-refractivity contribution in [2.75, 3.05) is 5.32 Å². The Labute approximate surface area is 85.0 Å². The summed E-state index contributed by atoms with van der Waals surface area (Å²) in [5.74, 6) is -2.46. The molecule has 15 heavy (non-hydrogen) atoms. The fourth-order valence-corrected chi connectivity index (χ4v) is 0.990. The first-order valence-corrected chi connectivity index (χ1v) is 4.01. The van der Waals surface area contributed by atoms with E-state index in [0.717, 1.165) is 24.3 Å². The third-order valence-electron chi connectivity index (χ3n) is 1.66. The number of nitrogens with one attached hydrogen (secondary N) is 1. The lowest BCUT2D eigenvalue weighted by atomic mass is 10.1. The molecule has 1 amide bonds. The van der Waals surface area contributed by atoms with Crippen LogP contribution in [0.15, 0.2) is 30.9 Å². The average Bonchev–Trinajstić information content (AvgIpc) is 2.17. The first-order chi connectivity index (χ1) is 7.04. The van der Waals surface area contributed by atoms with Gasteiger partial charge in [0.2, 0.25) is 5.91 Å². The number of aromatic carboxylic acids is 1. The molecular weight excluding hydrogens is 201 g/mol. The SMILES string of the molecule is C=CC(=O)Nc1cc(F)ccc1C(=O)O. The molecule has 4 nitrogen and oxygen atoms in total. The molecule has 0 unspecified atom stereocenters. The molecule has 78 valence electrons. The normalized spacial score (nSPS) is 9.40. The zero-order chi connectivity index (χ0) is 11.4. The molecule has 0 aromatic heterocycles. The van der Waals surface area contributed by atoms with Crippen LogP contribution in [-0.4, -0.2) is 17.0 Å². The Bertz CT molecular complexity index is 429. The van der Waals surface area contributed by atoms with Crippen LogP contribution in [-0.2, 0) is 4.79 Å². The Morgan fingerprint density at radius 3 is 2.67 bits per heavy atom. The molecule has 0 spiro atoms. The number of amides is 1. The number of carbonyl (C=O) groups excluding carboxylic acids is 1. The number of halogens is 1. The number of hydrogen-bond acceptors (Lipinski definition) is 2. The second-order valence-corrected chi connectivity index (χ2v) is 2.69. The van der Waals surface area contributed by atoms with Crippen LogP contribution in [0.3, 0.4) is 0 Å². The van der Waals surface area contributed by atoms with E-state index in [1.54, 1.807) is 0 Å². The van der Waals surface area contributed by atoms with Gasteiger partial charge in [-0.15, -0.1) is 0 Å². The highest BCUT2D eigenvalue weighted by atomic mass is 19.1. The number of hydrogen-bond donors (Lipinski definition) is 2. The van der Waals surface area contributed by atoms with E-state index in [-0.39, 0.29) is 11.3 Å². The molecule has 0 atom stereocenters. The summed E-state index contributed by atoms with van der Waals surface area (Å²) in [7, 11) is 0. The van der Waals surface area contributed by atoms with Crippen LogP contribution in [0.2, 0.25) is 0 Å². The molecule has 0 aliphatic heterocycles. The molecule has 0 heterocycles. The van der Waals surface area contributed by atoms with Gasteiger partial charge in [0, 0.05) is 0 Å². The minimum atomic E-state index is -1.24. The second kappa shape index (κ2) is 4.36. The van der Waals surface area contributed by atoms with E-state index in [9.17, 15) is 14.0 Å². The van der Waals surface area contributed by atoms with E-state index >= 15 is 0 Å². The van der Waals surface area contributed by atoms with E-state index in [4.69, 9.17) is 5.11 Å². The van der Waals surface area contributed by atoms with Crippen molar-refractivity contribution in [3.05, 3.63) is 42.2 Å². The van der Waals surface area contributed by atoms with Crippen molar-refractivity contribution < 1.29 is 19.1 Å². The minimum Gasteiger partial charge on any atom is -0.478 e. The lowest BCUT2D eigenvalue weighted by Crippen LogP contribution is -2.12. The molecule has 0 aliphatic carbocycles. The number of benzene rings is 1. The minimum absolute atomic E-state index is 0.0904. The van der Waals surface area contributed by atoms with Crippen LogP contribution in [0.5, 0.6) is 0 Å². The fraction of sp³-hybridized carbons (Fsp3) is 0. The highest BCUT2D eigenvalue weighted by Crippen LogP contribution is 2.17. The van der Waals surface area contributed by atoms with Crippen LogP contribution in [0, 0.1) is 5.82 Å². The van der Waals surface area contributed by atoms with Crippen LogP contribution in [0.1, 0.15) is 10.4 Å². The molecule has 0 bridgehead atoms. The van der Waals surface area contributed by atoms with Gasteiger partial charge >= 0.3 is 5.97 Å². The molecule has 5 heteroatoms. The van der Waals surface area contributed by atoms with Crippen molar-refractivity contribution in [2.24, 2.45) is 0 Å². The quantitative estimate of drug-likeness (QED) is 0.744. The van der Waals surface area contributed by atoms with Crippen molar-refractivity contribution in [3.8, 4) is 0 Å². The van der Waals surface area contributed by atoms with Gasteiger partial charge in [0.05, 0.1) is 11.3 Å². The van der Waals surface area contributed by atoms with Gasteiger partial charge in [-0.2, -0.15) is 0 Å². The Balaban J connectivity index is 3.12. The Morgan fingerprint density at radius 1 is 1.47 bits per heavy atom. The van der Waals surface area contributed by atoms with Crippen LogP contribution in [0.25, 0.3) is 0 Å². The maximum absolute atomic E-state index is 12.8. The van der Waals surface area contributed by atoms with Gasteiger partial charge in [0.15, 0.2) is 0 Å². The Hall–Kier alpha value is -2.17. The van der Waals surface area contributed by atoms with Crippen molar-refractivity contribution in [1.82, 2.24) is 0 Å². The number of carboxylic acids is 1. The largest absolute Gasteiger partial charge is 0.478 e. The van der Waals surface area contributed by atoms with Crippen LogP contribution >= 0.6 is 0 Å². The van der Waals surface area contributed by atoms with Gasteiger partial charge in [-0.25, -0.2) is 9.18 Å². The lowest BCUT2D eigenvalue weighted by Gasteiger charge is -2.06. The monoisotopic (exact) mass is 209 g/mol. The highest BCUT2D eigenvalue weighted by molar-refractivity contribution is 6.04. The predicted octanol–water partition coefficient (Wildman–Crippen LogP) is 1.65. The number of anilines is 1. The van der Waals surface area contributed by atoms with Crippen molar-refractivity contribution in [2.45, 2.75) is 0 Å². The van der Waals surface area contributed by atoms with Gasteiger partial charge in [0.25, 0.3) is 0 Å². The smallest absolute Gasteiger partial charge is 0.337 e. The third kappa shape index (κ3) is 2.63. The fourth-order valence-electron chi connectivity index (χ4n) is 0.990. The summed E-state index contributed by atoms with van der Waals surface area (Å²) in [5, 5.41) is 10.9. The van der Waals surface area contributed by atoms with Gasteiger partial charge < -0.3 is 10.4 Å². The first-order valence-electron chi connectivity index (χ1n) is 4.01. The van der Waals surface area contributed by atoms with Gasteiger partial charge in [-0.05, 0) is 24.3 Å². The van der Waals surface area contributed by atoms with Crippen molar-refractivity contribution in [3.63, 3.8) is 0 Å². The van der Waals surface area contributed by atoms with E-state index < -0.39 is 17.7 Å². The molecular formula is C10H8FNO3. The van der Waals surface area contributed by atoms with Gasteiger partial charge in [0.1, 0.15) is 5.82 Å². The molecule has 0 saturated heterocycles. The van der Waals surface area contributed by atoms with Crippen LogP contribution in [0.4, 0.5) is 10.1 Å². The standard InChI is InChI=1S/C10H8FNO3/c1-2-9(13)12-8-5-6(11)3-4-7(8)10(14)15/h2-5H,1H2,(H,12,13)(H,14,15). The third-order valence-corrected chi connectivity index (χ3v) is 1.66. The summed E-state index contributed by atoms with van der Waals surface area (Å²) in [6.07, 6.45) is 0.969. The zero-order valence-corrected chi connectivity index (χ0v) is 7.66. The molecule has 0 aliphatic rings. The maximum Gasteiger partial charge on any atom is 0.337 e. The molecule has 1 aromatic carbocycles.